The molecule has 0 saturated carbocycles. The standard InChI is InChI=1S/C13H19F3N2O4/c1-12(3-2-4-22-12)7-17-11(21)18-5-8(10(19)20)9(6-18)13(14,15)16/h8-9H,2-7H2,1H3,(H,17,21)(H,19,20)/t8-,9-,12?/m1/s1. The molecule has 2 rings (SSSR count). The Kier molecular flexibility index (Phi) is 4.55. The van der Waals surface area contributed by atoms with Crippen molar-refractivity contribution in [3.63, 3.8) is 0 Å². The van der Waals surface area contributed by atoms with E-state index in [1.165, 1.54) is 0 Å². The molecule has 1 unspecified atom stereocenters. The minimum absolute atomic E-state index is 0.191. The van der Waals surface area contributed by atoms with Crippen LogP contribution in [-0.4, -0.2) is 60.0 Å². The van der Waals surface area contributed by atoms with Crippen molar-refractivity contribution in [2.75, 3.05) is 26.2 Å². The first kappa shape index (κ1) is 16.9. The minimum atomic E-state index is -4.64. The van der Waals surface area contributed by atoms with Gasteiger partial charge in [-0.05, 0) is 19.8 Å². The van der Waals surface area contributed by atoms with Crippen LogP contribution in [0.4, 0.5) is 18.0 Å². The van der Waals surface area contributed by atoms with Crippen molar-refractivity contribution < 1.29 is 32.6 Å². The van der Waals surface area contributed by atoms with Gasteiger partial charge in [0.05, 0.1) is 17.4 Å². The Morgan fingerprint density at radius 1 is 1.41 bits per heavy atom. The fraction of sp³-hybridized carbons (Fsp3) is 0.846. The molecule has 0 bridgehead atoms. The number of nitrogens with zero attached hydrogens (tertiary/aromatic N) is 1. The minimum Gasteiger partial charge on any atom is -0.481 e. The highest BCUT2D eigenvalue weighted by molar-refractivity contribution is 5.77. The largest absolute Gasteiger partial charge is 0.481 e. The molecule has 0 spiro atoms. The molecule has 0 aromatic rings. The monoisotopic (exact) mass is 324 g/mol. The molecule has 126 valence electrons. The summed E-state index contributed by atoms with van der Waals surface area (Å²) in [7, 11) is 0. The predicted octanol–water partition coefficient (Wildman–Crippen LogP) is 1.46. The van der Waals surface area contributed by atoms with Gasteiger partial charge in [-0.25, -0.2) is 4.79 Å². The molecule has 9 heteroatoms. The highest BCUT2D eigenvalue weighted by atomic mass is 19.4. The zero-order valence-corrected chi connectivity index (χ0v) is 12.2. The van der Waals surface area contributed by atoms with Crippen molar-refractivity contribution in [2.24, 2.45) is 11.8 Å². The summed E-state index contributed by atoms with van der Waals surface area (Å²) in [4.78, 5) is 23.9. The van der Waals surface area contributed by atoms with Crippen LogP contribution in [-0.2, 0) is 9.53 Å². The molecule has 6 nitrogen and oxygen atoms in total. The van der Waals surface area contributed by atoms with E-state index in [9.17, 15) is 22.8 Å². The smallest absolute Gasteiger partial charge is 0.394 e. The van der Waals surface area contributed by atoms with Crippen molar-refractivity contribution >= 4 is 12.0 Å². The second-order valence-electron chi connectivity index (χ2n) is 6.06. The SMILES string of the molecule is CC1(CNC(=O)N2C[C@@H](C(F)(F)F)[C@H](C(=O)O)C2)CCCO1. The molecule has 2 aliphatic rings. The predicted molar refractivity (Wildman–Crippen MR) is 69.2 cm³/mol. The van der Waals surface area contributed by atoms with E-state index in [0.29, 0.717) is 6.61 Å². The number of carbonyl (C=O) groups is 2. The quantitative estimate of drug-likeness (QED) is 0.824. The molecule has 2 N–H and O–H groups in total. The fourth-order valence-corrected chi connectivity index (χ4v) is 2.90. The zero-order valence-electron chi connectivity index (χ0n) is 12.2. The molecule has 2 amide bonds. The van der Waals surface area contributed by atoms with Gasteiger partial charge >= 0.3 is 18.2 Å². The number of halogens is 3. The lowest BCUT2D eigenvalue weighted by atomic mass is 9.96. The number of alkyl halides is 3. The van der Waals surface area contributed by atoms with E-state index in [1.54, 1.807) is 0 Å². The van der Waals surface area contributed by atoms with E-state index in [4.69, 9.17) is 9.84 Å². The van der Waals surface area contributed by atoms with Crippen LogP contribution in [0.25, 0.3) is 0 Å². The fourth-order valence-electron chi connectivity index (χ4n) is 2.90. The Bertz CT molecular complexity index is 449. The molecular weight excluding hydrogens is 305 g/mol. The van der Waals surface area contributed by atoms with Crippen molar-refractivity contribution in [3.05, 3.63) is 0 Å². The van der Waals surface area contributed by atoms with Crippen molar-refractivity contribution in [1.82, 2.24) is 10.2 Å². The van der Waals surface area contributed by atoms with Crippen LogP contribution in [0.5, 0.6) is 0 Å². The first-order valence-corrected chi connectivity index (χ1v) is 7.09. The number of urea groups is 1. The third kappa shape index (κ3) is 3.63. The van der Waals surface area contributed by atoms with Gasteiger partial charge in [0.2, 0.25) is 0 Å². The van der Waals surface area contributed by atoms with E-state index in [1.807, 2.05) is 6.92 Å². The van der Waals surface area contributed by atoms with Crippen LogP contribution in [0.3, 0.4) is 0 Å². The number of nitrogens with one attached hydrogen (secondary N) is 1. The number of likely N-dealkylation sites (tertiary alicyclic amines) is 1. The number of carboxylic acids is 1. The summed E-state index contributed by atoms with van der Waals surface area (Å²) in [5, 5.41) is 11.5. The lowest BCUT2D eigenvalue weighted by molar-refractivity contribution is -0.187. The van der Waals surface area contributed by atoms with Gasteiger partial charge in [0.15, 0.2) is 0 Å². The van der Waals surface area contributed by atoms with Crippen LogP contribution >= 0.6 is 0 Å². The average Bonchev–Trinajstić information content (AvgIpc) is 3.02. The highest BCUT2D eigenvalue weighted by Crippen LogP contribution is 2.37. The zero-order chi connectivity index (χ0) is 16.5. The molecule has 0 radical (unpaired) electrons. The summed E-state index contributed by atoms with van der Waals surface area (Å²) in [6.45, 7) is 1.53. The normalized spacial score (nSPS) is 32.3. The molecule has 3 atom stereocenters. The molecule has 0 aromatic carbocycles. The molecule has 2 fully saturated rings. The van der Waals surface area contributed by atoms with Gasteiger partial charge in [0.1, 0.15) is 0 Å². The maximum absolute atomic E-state index is 12.9. The number of amides is 2. The number of hydrogen-bond donors (Lipinski definition) is 2. The van der Waals surface area contributed by atoms with E-state index in [-0.39, 0.29) is 6.54 Å². The summed E-state index contributed by atoms with van der Waals surface area (Å²) in [6, 6.07) is -0.685. The van der Waals surface area contributed by atoms with Crippen LogP contribution < -0.4 is 5.32 Å². The molecular formula is C13H19F3N2O4. The summed E-state index contributed by atoms with van der Waals surface area (Å²) in [6.07, 6.45) is -3.01. The maximum atomic E-state index is 12.9. The molecule has 22 heavy (non-hydrogen) atoms. The number of rotatable bonds is 3. The van der Waals surface area contributed by atoms with Crippen LogP contribution in [0.15, 0.2) is 0 Å². The van der Waals surface area contributed by atoms with Gasteiger partial charge in [-0.1, -0.05) is 0 Å². The number of carboxylic acid groups (broad SMARTS) is 1. The molecule has 0 aromatic heterocycles. The first-order valence-electron chi connectivity index (χ1n) is 7.09. The topological polar surface area (TPSA) is 78.9 Å². The van der Waals surface area contributed by atoms with Gasteiger partial charge < -0.3 is 20.1 Å². The summed E-state index contributed by atoms with van der Waals surface area (Å²) < 4.78 is 44.1. The average molecular weight is 324 g/mol. The van der Waals surface area contributed by atoms with E-state index >= 15 is 0 Å². The first-order chi connectivity index (χ1) is 10.1. The lowest BCUT2D eigenvalue weighted by Crippen LogP contribution is -2.46. The highest BCUT2D eigenvalue weighted by Gasteiger charge is 2.53. The number of aliphatic carboxylic acids is 1. The van der Waals surface area contributed by atoms with Crippen LogP contribution in [0.2, 0.25) is 0 Å². The Balaban J connectivity index is 1.95. The Hall–Kier alpha value is -1.51. The number of hydrogen-bond acceptors (Lipinski definition) is 3. The Morgan fingerprint density at radius 2 is 2.09 bits per heavy atom. The summed E-state index contributed by atoms with van der Waals surface area (Å²) >= 11 is 0. The second-order valence-corrected chi connectivity index (χ2v) is 6.06. The summed E-state index contributed by atoms with van der Waals surface area (Å²) in [5.74, 6) is -5.19. The second kappa shape index (κ2) is 5.94. The summed E-state index contributed by atoms with van der Waals surface area (Å²) in [5.41, 5.74) is -0.509. The molecule has 2 heterocycles. The van der Waals surface area contributed by atoms with Gasteiger partial charge in [-0.15, -0.1) is 0 Å². The molecule has 2 saturated heterocycles. The third-order valence-corrected chi connectivity index (χ3v) is 4.26. The maximum Gasteiger partial charge on any atom is 0.394 e. The van der Waals surface area contributed by atoms with Crippen molar-refractivity contribution in [3.8, 4) is 0 Å². The van der Waals surface area contributed by atoms with E-state index < -0.39 is 48.7 Å². The molecule has 0 aliphatic carbocycles. The third-order valence-electron chi connectivity index (χ3n) is 4.26. The van der Waals surface area contributed by atoms with E-state index in [0.717, 1.165) is 17.7 Å². The lowest BCUT2D eigenvalue weighted by Gasteiger charge is -2.25. The Morgan fingerprint density at radius 3 is 2.55 bits per heavy atom. The van der Waals surface area contributed by atoms with Gasteiger partial charge in [-0.2, -0.15) is 13.2 Å². The van der Waals surface area contributed by atoms with Gasteiger partial charge in [-0.3, -0.25) is 4.79 Å². The van der Waals surface area contributed by atoms with Crippen molar-refractivity contribution in [2.45, 2.75) is 31.5 Å². The number of ether oxygens (including phenoxy) is 1. The van der Waals surface area contributed by atoms with Crippen LogP contribution in [0.1, 0.15) is 19.8 Å². The van der Waals surface area contributed by atoms with Crippen LogP contribution in [0, 0.1) is 11.8 Å². The van der Waals surface area contributed by atoms with E-state index in [2.05, 4.69) is 5.32 Å². The molecule has 2 aliphatic heterocycles. The van der Waals surface area contributed by atoms with Gasteiger partial charge in [0, 0.05) is 26.2 Å². The number of carbonyl (C=O) groups excluding carboxylic acids is 1. The van der Waals surface area contributed by atoms with Crippen molar-refractivity contribution in [1.29, 1.82) is 0 Å². The van der Waals surface area contributed by atoms with Gasteiger partial charge in [0.25, 0.3) is 0 Å². The Labute approximate surface area is 125 Å².